The molecule has 13 heavy (non-hydrogen) atoms. The van der Waals surface area contributed by atoms with Crippen molar-refractivity contribution in [2.45, 2.75) is 25.9 Å². The van der Waals surface area contributed by atoms with Gasteiger partial charge in [0, 0.05) is 19.6 Å². The first-order valence-corrected chi connectivity index (χ1v) is 4.86. The Hall–Kier alpha value is -0.610. The summed E-state index contributed by atoms with van der Waals surface area (Å²) in [5.41, 5.74) is 5.48. The Morgan fingerprint density at radius 1 is 1.77 bits per heavy atom. The predicted octanol–water partition coefficient (Wildman–Crippen LogP) is -0.435. The molecule has 4 heteroatoms. The molecule has 0 bridgehead atoms. The van der Waals surface area contributed by atoms with E-state index in [0.717, 1.165) is 6.42 Å². The van der Waals surface area contributed by atoms with Gasteiger partial charge in [0.25, 0.3) is 0 Å². The normalized spacial score (nSPS) is 24.8. The van der Waals surface area contributed by atoms with Gasteiger partial charge in [-0.2, -0.15) is 0 Å². The Kier molecular flexibility index (Phi) is 3.69. The number of aliphatic hydroxyl groups excluding tert-OH is 1. The molecule has 0 aromatic heterocycles. The van der Waals surface area contributed by atoms with Crippen LogP contribution in [0.3, 0.4) is 0 Å². The maximum Gasteiger partial charge on any atom is 0.227 e. The van der Waals surface area contributed by atoms with E-state index < -0.39 is 0 Å². The van der Waals surface area contributed by atoms with Crippen LogP contribution in [0.1, 0.15) is 19.8 Å². The fourth-order valence-electron chi connectivity index (χ4n) is 1.64. The highest BCUT2D eigenvalue weighted by atomic mass is 16.3. The van der Waals surface area contributed by atoms with Gasteiger partial charge in [0.05, 0.1) is 12.0 Å². The third kappa shape index (κ3) is 2.42. The third-order valence-corrected chi connectivity index (χ3v) is 2.60. The van der Waals surface area contributed by atoms with E-state index in [2.05, 4.69) is 0 Å². The lowest BCUT2D eigenvalue weighted by molar-refractivity contribution is -0.134. The maximum atomic E-state index is 11.7. The first-order chi connectivity index (χ1) is 6.19. The Morgan fingerprint density at radius 2 is 2.46 bits per heavy atom. The van der Waals surface area contributed by atoms with Crippen LogP contribution in [0.2, 0.25) is 0 Å². The van der Waals surface area contributed by atoms with Gasteiger partial charge in [0.2, 0.25) is 5.91 Å². The van der Waals surface area contributed by atoms with Crippen molar-refractivity contribution in [1.82, 2.24) is 4.90 Å². The molecule has 1 heterocycles. The molecule has 4 nitrogen and oxygen atoms in total. The third-order valence-electron chi connectivity index (χ3n) is 2.60. The molecular weight excluding hydrogens is 168 g/mol. The second-order valence-electron chi connectivity index (χ2n) is 3.57. The summed E-state index contributed by atoms with van der Waals surface area (Å²) < 4.78 is 0. The summed E-state index contributed by atoms with van der Waals surface area (Å²) in [5, 5.41) is 9.25. The molecule has 0 aliphatic carbocycles. The van der Waals surface area contributed by atoms with E-state index in [-0.39, 0.29) is 17.9 Å². The number of hydrogen-bond acceptors (Lipinski definition) is 3. The van der Waals surface area contributed by atoms with Gasteiger partial charge in [-0.15, -0.1) is 0 Å². The summed E-state index contributed by atoms with van der Waals surface area (Å²) >= 11 is 0. The predicted molar refractivity (Wildman–Crippen MR) is 50.0 cm³/mol. The second kappa shape index (κ2) is 4.58. The van der Waals surface area contributed by atoms with E-state index >= 15 is 0 Å². The zero-order chi connectivity index (χ0) is 9.84. The van der Waals surface area contributed by atoms with Gasteiger partial charge >= 0.3 is 0 Å². The zero-order valence-corrected chi connectivity index (χ0v) is 8.07. The highest BCUT2D eigenvalue weighted by Crippen LogP contribution is 2.13. The topological polar surface area (TPSA) is 66.6 Å². The van der Waals surface area contributed by atoms with Crippen LogP contribution in [0.25, 0.3) is 0 Å². The summed E-state index contributed by atoms with van der Waals surface area (Å²) in [5.74, 6) is 0.0341. The first kappa shape index (κ1) is 10.5. The first-order valence-electron chi connectivity index (χ1n) is 4.86. The highest BCUT2D eigenvalue weighted by Gasteiger charge is 2.28. The van der Waals surface area contributed by atoms with Gasteiger partial charge in [-0.1, -0.05) is 6.92 Å². The van der Waals surface area contributed by atoms with Crippen LogP contribution in [0.15, 0.2) is 0 Å². The van der Waals surface area contributed by atoms with Crippen molar-refractivity contribution < 1.29 is 9.90 Å². The number of β-amino-alcohol motifs (C(OH)–C–C–N with tert-alkyl or cyclic N) is 1. The largest absolute Gasteiger partial charge is 0.391 e. The molecule has 1 rings (SSSR count). The summed E-state index contributed by atoms with van der Waals surface area (Å²) in [4.78, 5) is 13.4. The quantitative estimate of drug-likeness (QED) is 0.628. The van der Waals surface area contributed by atoms with E-state index in [1.807, 2.05) is 6.92 Å². The number of aliphatic hydroxyl groups is 1. The van der Waals surface area contributed by atoms with Crippen molar-refractivity contribution in [3.63, 3.8) is 0 Å². The van der Waals surface area contributed by atoms with Crippen molar-refractivity contribution >= 4 is 5.91 Å². The molecule has 2 atom stereocenters. The van der Waals surface area contributed by atoms with Crippen LogP contribution in [0, 0.1) is 5.92 Å². The van der Waals surface area contributed by atoms with Crippen LogP contribution in [0.5, 0.6) is 0 Å². The zero-order valence-electron chi connectivity index (χ0n) is 8.07. The molecule has 1 fully saturated rings. The van der Waals surface area contributed by atoms with Crippen molar-refractivity contribution in [3.8, 4) is 0 Å². The fourth-order valence-corrected chi connectivity index (χ4v) is 1.64. The summed E-state index contributed by atoms with van der Waals surface area (Å²) in [6.45, 7) is 3.52. The number of nitrogens with two attached hydrogens (primary N) is 1. The lowest BCUT2D eigenvalue weighted by Crippen LogP contribution is -2.37. The Bertz CT molecular complexity index is 180. The van der Waals surface area contributed by atoms with Crippen LogP contribution >= 0.6 is 0 Å². The minimum absolute atomic E-state index is 0.0645. The molecule has 1 aliphatic heterocycles. The Balaban J connectivity index is 2.47. The maximum absolute atomic E-state index is 11.7. The molecule has 1 saturated heterocycles. The highest BCUT2D eigenvalue weighted by molar-refractivity contribution is 5.79. The number of hydrogen-bond donors (Lipinski definition) is 2. The molecule has 0 spiro atoms. The Labute approximate surface area is 78.7 Å². The summed E-state index contributed by atoms with van der Waals surface area (Å²) in [7, 11) is 0. The molecular formula is C9H18N2O2. The molecule has 0 aromatic carbocycles. The van der Waals surface area contributed by atoms with Crippen LogP contribution in [-0.4, -0.2) is 41.7 Å². The van der Waals surface area contributed by atoms with E-state index in [1.54, 1.807) is 4.90 Å². The number of amides is 1. The van der Waals surface area contributed by atoms with Crippen molar-refractivity contribution in [3.05, 3.63) is 0 Å². The van der Waals surface area contributed by atoms with Crippen molar-refractivity contribution in [2.75, 3.05) is 19.6 Å². The fraction of sp³-hybridized carbons (Fsp3) is 0.889. The lowest BCUT2D eigenvalue weighted by Gasteiger charge is -2.20. The number of carbonyl (C=O) groups excluding carboxylic acids is 1. The number of rotatable bonds is 3. The van der Waals surface area contributed by atoms with Crippen LogP contribution < -0.4 is 5.73 Å². The van der Waals surface area contributed by atoms with Gasteiger partial charge in [-0.3, -0.25) is 4.79 Å². The standard InChI is InChI=1S/C9H18N2O2/c1-2-7(5-10)9(13)11-4-3-8(12)6-11/h7-8,12H,2-6,10H2,1H3/t7?,8-/m1/s1. The SMILES string of the molecule is CCC(CN)C(=O)N1CC[C@@H](O)C1. The smallest absolute Gasteiger partial charge is 0.227 e. The minimum Gasteiger partial charge on any atom is -0.391 e. The van der Waals surface area contributed by atoms with E-state index in [9.17, 15) is 9.90 Å². The molecule has 1 amide bonds. The minimum atomic E-state index is -0.334. The number of nitrogens with zero attached hydrogens (tertiary/aromatic N) is 1. The molecule has 0 saturated carbocycles. The summed E-state index contributed by atoms with van der Waals surface area (Å²) in [6.07, 6.45) is 1.15. The summed E-state index contributed by atoms with van der Waals surface area (Å²) in [6, 6.07) is 0. The van der Waals surface area contributed by atoms with E-state index in [4.69, 9.17) is 5.73 Å². The molecule has 0 radical (unpaired) electrons. The Morgan fingerprint density at radius 3 is 2.85 bits per heavy atom. The van der Waals surface area contributed by atoms with Gasteiger partial charge in [-0.05, 0) is 12.8 Å². The molecule has 76 valence electrons. The molecule has 0 aromatic rings. The number of likely N-dealkylation sites (tertiary alicyclic amines) is 1. The van der Waals surface area contributed by atoms with Gasteiger partial charge in [0.15, 0.2) is 0 Å². The second-order valence-corrected chi connectivity index (χ2v) is 3.57. The van der Waals surface area contributed by atoms with E-state index in [1.165, 1.54) is 0 Å². The molecule has 3 N–H and O–H groups in total. The van der Waals surface area contributed by atoms with Gasteiger partial charge in [-0.25, -0.2) is 0 Å². The van der Waals surface area contributed by atoms with Crippen LogP contribution in [-0.2, 0) is 4.79 Å². The van der Waals surface area contributed by atoms with Crippen molar-refractivity contribution in [1.29, 1.82) is 0 Å². The lowest BCUT2D eigenvalue weighted by atomic mass is 10.1. The van der Waals surface area contributed by atoms with E-state index in [0.29, 0.717) is 26.1 Å². The van der Waals surface area contributed by atoms with Gasteiger partial charge in [0.1, 0.15) is 0 Å². The average Bonchev–Trinajstić information content (AvgIpc) is 2.54. The van der Waals surface area contributed by atoms with Crippen molar-refractivity contribution in [2.24, 2.45) is 11.7 Å². The average molecular weight is 186 g/mol. The van der Waals surface area contributed by atoms with Crippen LogP contribution in [0.4, 0.5) is 0 Å². The van der Waals surface area contributed by atoms with Gasteiger partial charge < -0.3 is 15.7 Å². The monoisotopic (exact) mass is 186 g/mol. The number of carbonyl (C=O) groups is 1. The molecule has 1 unspecified atom stereocenters. The molecule has 1 aliphatic rings.